The maximum atomic E-state index is 10.2. The zero-order valence-electron chi connectivity index (χ0n) is 11.5. The van der Waals surface area contributed by atoms with Gasteiger partial charge >= 0.3 is 0 Å². The third-order valence-corrected chi connectivity index (χ3v) is 3.79. The number of piperidine rings is 1. The van der Waals surface area contributed by atoms with Crippen LogP contribution in [0.5, 0.6) is 0 Å². The van der Waals surface area contributed by atoms with Crippen molar-refractivity contribution in [2.45, 2.75) is 38.7 Å². The van der Waals surface area contributed by atoms with Gasteiger partial charge in [0.2, 0.25) is 5.95 Å². The Kier molecular flexibility index (Phi) is 4.62. The Hall–Kier alpha value is -0.880. The maximum absolute atomic E-state index is 10.2. The first-order valence-corrected chi connectivity index (χ1v) is 7.55. The molecule has 2 rings (SSSR count). The molecule has 1 saturated heterocycles. The molecular formula is C13H21BrN4O. The molecule has 0 bridgehead atoms. The molecule has 1 aromatic heterocycles. The zero-order chi connectivity index (χ0) is 13.9. The first kappa shape index (κ1) is 14.5. The average Bonchev–Trinajstić information content (AvgIpc) is 2.36. The van der Waals surface area contributed by atoms with E-state index in [0.717, 1.165) is 42.6 Å². The van der Waals surface area contributed by atoms with Gasteiger partial charge in [-0.25, -0.2) is 4.98 Å². The summed E-state index contributed by atoms with van der Waals surface area (Å²) in [6.45, 7) is 6.37. The zero-order valence-corrected chi connectivity index (χ0v) is 13.1. The minimum absolute atomic E-state index is 0.607. The van der Waals surface area contributed by atoms with Gasteiger partial charge in [-0.15, -0.1) is 0 Å². The number of nitrogens with one attached hydrogen (secondary N) is 1. The molecule has 2 N–H and O–H groups in total. The fraction of sp³-hybridized carbons (Fsp3) is 0.692. The number of hydrogen-bond acceptors (Lipinski definition) is 5. The van der Waals surface area contributed by atoms with Gasteiger partial charge in [-0.05, 0) is 42.1 Å². The normalized spacial score (nSPS) is 23.5. The van der Waals surface area contributed by atoms with E-state index in [4.69, 9.17) is 0 Å². The summed E-state index contributed by atoms with van der Waals surface area (Å²) in [6, 6.07) is 0. The molecular weight excluding hydrogens is 308 g/mol. The molecule has 1 atom stereocenters. The van der Waals surface area contributed by atoms with Crippen LogP contribution >= 0.6 is 15.9 Å². The third-order valence-electron chi connectivity index (χ3n) is 3.23. The van der Waals surface area contributed by atoms with Crippen molar-refractivity contribution in [1.82, 2.24) is 9.97 Å². The molecule has 1 aliphatic rings. The second kappa shape index (κ2) is 6.05. The van der Waals surface area contributed by atoms with Crippen molar-refractivity contribution in [2.24, 2.45) is 0 Å². The maximum Gasteiger partial charge on any atom is 0.224 e. The van der Waals surface area contributed by atoms with Crippen LogP contribution < -0.4 is 10.2 Å². The number of nitrogens with zero attached hydrogens (tertiary/aromatic N) is 3. The Morgan fingerprint density at radius 2 is 2.37 bits per heavy atom. The van der Waals surface area contributed by atoms with E-state index >= 15 is 0 Å². The van der Waals surface area contributed by atoms with Crippen LogP contribution in [0.15, 0.2) is 10.7 Å². The van der Waals surface area contributed by atoms with E-state index in [1.54, 1.807) is 6.20 Å². The van der Waals surface area contributed by atoms with E-state index in [1.807, 2.05) is 6.92 Å². The molecule has 0 aliphatic carbocycles. The summed E-state index contributed by atoms with van der Waals surface area (Å²) in [5.74, 6) is 1.50. The van der Waals surface area contributed by atoms with Crippen LogP contribution in [0, 0.1) is 0 Å². The molecule has 0 amide bonds. The van der Waals surface area contributed by atoms with Gasteiger partial charge in [-0.1, -0.05) is 6.92 Å². The molecule has 6 heteroatoms. The van der Waals surface area contributed by atoms with Crippen molar-refractivity contribution in [3.63, 3.8) is 0 Å². The molecule has 1 aromatic rings. The van der Waals surface area contributed by atoms with Crippen LogP contribution in [0.3, 0.4) is 0 Å². The minimum Gasteiger partial charge on any atom is -0.388 e. The van der Waals surface area contributed by atoms with Gasteiger partial charge in [0, 0.05) is 25.8 Å². The number of aromatic nitrogens is 2. The molecule has 0 aromatic carbocycles. The van der Waals surface area contributed by atoms with Crippen molar-refractivity contribution in [1.29, 1.82) is 0 Å². The second-order valence-corrected chi connectivity index (χ2v) is 6.17. The number of halogens is 1. The quantitative estimate of drug-likeness (QED) is 0.888. The lowest BCUT2D eigenvalue weighted by Gasteiger charge is -2.37. The first-order valence-electron chi connectivity index (χ1n) is 6.75. The van der Waals surface area contributed by atoms with E-state index in [-0.39, 0.29) is 0 Å². The highest BCUT2D eigenvalue weighted by Crippen LogP contribution is 2.29. The van der Waals surface area contributed by atoms with Crippen molar-refractivity contribution in [2.75, 3.05) is 29.9 Å². The van der Waals surface area contributed by atoms with E-state index in [9.17, 15) is 5.11 Å². The molecule has 0 saturated carbocycles. The number of β-amino-alcohol motifs (C(OH)–C–C–N with tert-alkyl or cyclic N) is 1. The van der Waals surface area contributed by atoms with Crippen LogP contribution in [0.25, 0.3) is 0 Å². The van der Waals surface area contributed by atoms with Crippen LogP contribution in [-0.2, 0) is 0 Å². The summed E-state index contributed by atoms with van der Waals surface area (Å²) in [5.41, 5.74) is -0.639. The Labute approximate surface area is 122 Å². The molecule has 0 radical (unpaired) electrons. The van der Waals surface area contributed by atoms with Gasteiger partial charge in [0.05, 0.1) is 10.1 Å². The summed E-state index contributed by atoms with van der Waals surface area (Å²) >= 11 is 3.50. The fourth-order valence-corrected chi connectivity index (χ4v) is 2.74. The SMILES string of the molecule is CCCNc1ncc(Br)c(N2CCCC(C)(O)C2)n1. The highest BCUT2D eigenvalue weighted by molar-refractivity contribution is 9.10. The molecule has 5 nitrogen and oxygen atoms in total. The van der Waals surface area contributed by atoms with Crippen LogP contribution in [-0.4, -0.2) is 40.3 Å². The number of aliphatic hydroxyl groups is 1. The van der Waals surface area contributed by atoms with Crippen LogP contribution in [0.4, 0.5) is 11.8 Å². The summed E-state index contributed by atoms with van der Waals surface area (Å²) in [5, 5.41) is 13.4. The van der Waals surface area contributed by atoms with Gasteiger partial charge in [0.25, 0.3) is 0 Å². The predicted octanol–water partition coefficient (Wildman–Crippen LogP) is 2.41. The summed E-state index contributed by atoms with van der Waals surface area (Å²) in [4.78, 5) is 10.9. The van der Waals surface area contributed by atoms with E-state index in [2.05, 4.69) is 43.0 Å². The first-order chi connectivity index (χ1) is 9.02. The lowest BCUT2D eigenvalue weighted by atomic mass is 9.95. The van der Waals surface area contributed by atoms with Gasteiger partial charge in [-0.2, -0.15) is 4.98 Å². The Morgan fingerprint density at radius 1 is 1.58 bits per heavy atom. The summed E-state index contributed by atoms with van der Waals surface area (Å²) < 4.78 is 0.868. The highest BCUT2D eigenvalue weighted by atomic mass is 79.9. The monoisotopic (exact) mass is 328 g/mol. The standard InChI is InChI=1S/C13H21BrN4O/c1-3-6-15-12-16-8-10(14)11(17-12)18-7-4-5-13(2,19)9-18/h8,19H,3-7,9H2,1-2H3,(H,15,16,17). The van der Waals surface area contributed by atoms with Gasteiger partial charge in [0.15, 0.2) is 0 Å². The van der Waals surface area contributed by atoms with Gasteiger partial charge in [0.1, 0.15) is 5.82 Å². The fourth-order valence-electron chi connectivity index (χ4n) is 2.30. The molecule has 0 spiro atoms. The van der Waals surface area contributed by atoms with E-state index in [0.29, 0.717) is 12.5 Å². The predicted molar refractivity (Wildman–Crippen MR) is 80.6 cm³/mol. The topological polar surface area (TPSA) is 61.3 Å². The van der Waals surface area contributed by atoms with Crippen LogP contribution in [0.2, 0.25) is 0 Å². The van der Waals surface area contributed by atoms with Gasteiger partial charge < -0.3 is 15.3 Å². The number of anilines is 2. The van der Waals surface area contributed by atoms with Crippen molar-refractivity contribution < 1.29 is 5.11 Å². The van der Waals surface area contributed by atoms with Gasteiger partial charge in [-0.3, -0.25) is 0 Å². The van der Waals surface area contributed by atoms with E-state index < -0.39 is 5.60 Å². The van der Waals surface area contributed by atoms with Crippen molar-refractivity contribution >= 4 is 27.7 Å². The largest absolute Gasteiger partial charge is 0.388 e. The highest BCUT2D eigenvalue weighted by Gasteiger charge is 2.30. The average molecular weight is 329 g/mol. The molecule has 106 valence electrons. The lowest BCUT2D eigenvalue weighted by molar-refractivity contribution is 0.0446. The molecule has 1 unspecified atom stereocenters. The molecule has 1 fully saturated rings. The van der Waals surface area contributed by atoms with Crippen molar-refractivity contribution in [3.05, 3.63) is 10.7 Å². The molecule has 1 aliphatic heterocycles. The smallest absolute Gasteiger partial charge is 0.224 e. The Balaban J connectivity index is 2.18. The number of hydrogen-bond donors (Lipinski definition) is 2. The summed E-state index contributed by atoms with van der Waals surface area (Å²) in [7, 11) is 0. The van der Waals surface area contributed by atoms with E-state index in [1.165, 1.54) is 0 Å². The van der Waals surface area contributed by atoms with Crippen molar-refractivity contribution in [3.8, 4) is 0 Å². The Morgan fingerprint density at radius 3 is 3.05 bits per heavy atom. The lowest BCUT2D eigenvalue weighted by Crippen LogP contribution is -2.46. The van der Waals surface area contributed by atoms with Crippen LogP contribution in [0.1, 0.15) is 33.1 Å². The number of rotatable bonds is 4. The Bertz CT molecular complexity index is 439. The third kappa shape index (κ3) is 3.79. The molecule has 2 heterocycles. The minimum atomic E-state index is -0.639. The summed E-state index contributed by atoms with van der Waals surface area (Å²) in [6.07, 6.45) is 4.62. The second-order valence-electron chi connectivity index (χ2n) is 5.31. The molecule has 19 heavy (non-hydrogen) atoms.